The van der Waals surface area contributed by atoms with E-state index in [4.69, 9.17) is 9.47 Å². The Morgan fingerprint density at radius 3 is 3.00 bits per heavy atom. The Morgan fingerprint density at radius 1 is 1.38 bits per heavy atom. The zero-order valence-corrected chi connectivity index (χ0v) is 9.88. The molecule has 2 nitrogen and oxygen atoms in total. The summed E-state index contributed by atoms with van der Waals surface area (Å²) < 4.78 is 11.8. The van der Waals surface area contributed by atoms with Gasteiger partial charge < -0.3 is 9.47 Å². The Morgan fingerprint density at radius 2 is 2.31 bits per heavy atom. The van der Waals surface area contributed by atoms with Crippen LogP contribution in [0.15, 0.2) is 0 Å². The van der Waals surface area contributed by atoms with Gasteiger partial charge in [0.05, 0.1) is 11.0 Å². The molecule has 1 aliphatic heterocycles. The van der Waals surface area contributed by atoms with Crippen LogP contribution in [-0.4, -0.2) is 23.9 Å². The topological polar surface area (TPSA) is 18.5 Å². The summed E-state index contributed by atoms with van der Waals surface area (Å²) in [6, 6.07) is 0. The average Bonchev–Trinajstić information content (AvgIpc) is 2.19. The molecule has 0 aromatic heterocycles. The molecule has 74 valence electrons. The van der Waals surface area contributed by atoms with Crippen LogP contribution >= 0.6 is 22.6 Å². The quantitative estimate of drug-likeness (QED) is 0.344. The number of hydrogen-bond donors (Lipinski definition) is 0. The highest BCUT2D eigenvalue weighted by Gasteiger charge is 2.12. The minimum atomic E-state index is 0.0372. The monoisotopic (exact) mass is 294 g/mol. The Labute approximate surface area is 93.5 Å². The number of alkyl halides is 1. The van der Waals surface area contributed by atoms with Crippen LogP contribution in [0.4, 0.5) is 0 Å². The third kappa shape index (κ3) is 5.50. The Kier molecular flexibility index (Phi) is 6.60. The van der Waals surface area contributed by atoms with E-state index in [1.54, 1.807) is 0 Å². The maximum atomic E-state index is 5.50. The molecule has 0 aliphatic carbocycles. The molecule has 0 amide bonds. The fourth-order valence-electron chi connectivity index (χ4n) is 1.22. The molecule has 0 bridgehead atoms. The van der Waals surface area contributed by atoms with Crippen LogP contribution in [0, 0.1) is 11.8 Å². The van der Waals surface area contributed by atoms with Gasteiger partial charge in [-0.15, -0.1) is 5.92 Å². The first kappa shape index (κ1) is 11.3. The van der Waals surface area contributed by atoms with Crippen molar-refractivity contribution >= 4 is 22.6 Å². The average molecular weight is 294 g/mol. The van der Waals surface area contributed by atoms with Crippen molar-refractivity contribution < 1.29 is 9.47 Å². The first-order valence-corrected chi connectivity index (χ1v) is 6.21. The largest absolute Gasteiger partial charge is 0.353 e. The van der Waals surface area contributed by atoms with Crippen LogP contribution in [0.5, 0.6) is 0 Å². The minimum Gasteiger partial charge on any atom is -0.353 e. The zero-order valence-electron chi connectivity index (χ0n) is 7.72. The number of ether oxygens (including phenoxy) is 2. The Bertz CT molecular complexity index is 177. The SMILES string of the molecule is ICC#CCCOC1CCCCO1. The van der Waals surface area contributed by atoms with Gasteiger partial charge in [0.1, 0.15) is 0 Å². The van der Waals surface area contributed by atoms with E-state index in [2.05, 4.69) is 34.4 Å². The predicted molar refractivity (Wildman–Crippen MR) is 60.8 cm³/mol. The second-order valence-electron chi connectivity index (χ2n) is 2.90. The Hall–Kier alpha value is 0.210. The van der Waals surface area contributed by atoms with Crippen LogP contribution in [-0.2, 0) is 9.47 Å². The van der Waals surface area contributed by atoms with Gasteiger partial charge in [-0.2, -0.15) is 0 Å². The van der Waals surface area contributed by atoms with Gasteiger partial charge in [0, 0.05) is 13.0 Å². The maximum absolute atomic E-state index is 5.50. The molecule has 1 rings (SSSR count). The van der Waals surface area contributed by atoms with Crippen LogP contribution in [0.25, 0.3) is 0 Å². The summed E-state index contributed by atoms with van der Waals surface area (Å²) in [4.78, 5) is 0. The maximum Gasteiger partial charge on any atom is 0.157 e. The fourth-order valence-corrected chi connectivity index (χ4v) is 1.49. The normalized spacial score (nSPS) is 22.1. The molecule has 0 saturated carbocycles. The van der Waals surface area contributed by atoms with Crippen molar-refractivity contribution in [1.29, 1.82) is 0 Å². The molecule has 1 unspecified atom stereocenters. The van der Waals surface area contributed by atoms with Gasteiger partial charge in [-0.1, -0.05) is 28.5 Å². The smallest absolute Gasteiger partial charge is 0.157 e. The second kappa shape index (κ2) is 7.60. The summed E-state index contributed by atoms with van der Waals surface area (Å²) in [5.74, 6) is 6.04. The second-order valence-corrected chi connectivity index (χ2v) is 3.67. The third-order valence-electron chi connectivity index (χ3n) is 1.86. The van der Waals surface area contributed by atoms with E-state index in [0.29, 0.717) is 6.61 Å². The van der Waals surface area contributed by atoms with Crippen molar-refractivity contribution in [1.82, 2.24) is 0 Å². The highest BCUT2D eigenvalue weighted by Crippen LogP contribution is 2.13. The number of rotatable bonds is 3. The summed E-state index contributed by atoms with van der Waals surface area (Å²) in [5.41, 5.74) is 0. The molecule has 1 saturated heterocycles. The number of hydrogen-bond acceptors (Lipinski definition) is 2. The molecule has 1 fully saturated rings. The molecular formula is C10H15IO2. The molecule has 1 heterocycles. The van der Waals surface area contributed by atoms with Crippen LogP contribution in [0.1, 0.15) is 25.7 Å². The lowest BCUT2D eigenvalue weighted by Crippen LogP contribution is -2.22. The van der Waals surface area contributed by atoms with Gasteiger partial charge in [-0.3, -0.25) is 0 Å². The standard InChI is InChI=1S/C10H15IO2/c11-7-3-1-4-8-12-10-6-2-5-9-13-10/h10H,2,4-9H2. The van der Waals surface area contributed by atoms with E-state index in [1.807, 2.05) is 0 Å². The molecule has 3 heteroatoms. The highest BCUT2D eigenvalue weighted by atomic mass is 127. The van der Waals surface area contributed by atoms with Crippen molar-refractivity contribution in [2.45, 2.75) is 32.0 Å². The lowest BCUT2D eigenvalue weighted by molar-refractivity contribution is -0.161. The minimum absolute atomic E-state index is 0.0372. The number of halogens is 1. The Balaban J connectivity index is 1.98. The summed E-state index contributed by atoms with van der Waals surface area (Å²) in [5, 5.41) is 0. The summed E-state index contributed by atoms with van der Waals surface area (Å²) in [7, 11) is 0. The summed E-state index contributed by atoms with van der Waals surface area (Å²) in [6.07, 6.45) is 4.30. The zero-order chi connectivity index (χ0) is 9.36. The molecule has 0 spiro atoms. The van der Waals surface area contributed by atoms with Gasteiger partial charge in [0.25, 0.3) is 0 Å². The molecular weight excluding hydrogens is 279 g/mol. The van der Waals surface area contributed by atoms with Gasteiger partial charge in [-0.25, -0.2) is 0 Å². The molecule has 0 aromatic rings. The summed E-state index contributed by atoms with van der Waals surface area (Å²) >= 11 is 2.24. The van der Waals surface area contributed by atoms with Crippen molar-refractivity contribution in [3.8, 4) is 11.8 Å². The lowest BCUT2D eigenvalue weighted by Gasteiger charge is -2.22. The van der Waals surface area contributed by atoms with Gasteiger partial charge in [0.2, 0.25) is 0 Å². The van der Waals surface area contributed by atoms with Gasteiger partial charge >= 0.3 is 0 Å². The van der Waals surface area contributed by atoms with E-state index in [9.17, 15) is 0 Å². The van der Waals surface area contributed by atoms with Crippen LogP contribution in [0.3, 0.4) is 0 Å². The first-order valence-electron chi connectivity index (χ1n) is 4.68. The van der Waals surface area contributed by atoms with Crippen molar-refractivity contribution in [3.63, 3.8) is 0 Å². The van der Waals surface area contributed by atoms with Crippen LogP contribution < -0.4 is 0 Å². The molecule has 0 radical (unpaired) electrons. The van der Waals surface area contributed by atoms with Gasteiger partial charge in [0.15, 0.2) is 6.29 Å². The third-order valence-corrected chi connectivity index (χ3v) is 2.24. The molecule has 1 atom stereocenters. The summed E-state index contributed by atoms with van der Waals surface area (Å²) in [6.45, 7) is 1.55. The highest BCUT2D eigenvalue weighted by molar-refractivity contribution is 14.1. The van der Waals surface area contributed by atoms with Crippen LogP contribution in [0.2, 0.25) is 0 Å². The van der Waals surface area contributed by atoms with E-state index in [-0.39, 0.29) is 6.29 Å². The molecule has 1 aliphatic rings. The van der Waals surface area contributed by atoms with Crippen molar-refractivity contribution in [2.24, 2.45) is 0 Å². The van der Waals surface area contributed by atoms with Crippen molar-refractivity contribution in [2.75, 3.05) is 17.6 Å². The first-order chi connectivity index (χ1) is 6.43. The van der Waals surface area contributed by atoms with E-state index < -0.39 is 0 Å². The predicted octanol–water partition coefficient (Wildman–Crippen LogP) is 2.36. The lowest BCUT2D eigenvalue weighted by atomic mass is 10.2. The van der Waals surface area contributed by atoms with Crippen molar-refractivity contribution in [3.05, 3.63) is 0 Å². The van der Waals surface area contributed by atoms with E-state index in [1.165, 1.54) is 12.8 Å². The van der Waals surface area contributed by atoms with E-state index >= 15 is 0 Å². The molecule has 13 heavy (non-hydrogen) atoms. The molecule has 0 aromatic carbocycles. The fraction of sp³-hybridized carbons (Fsp3) is 0.800. The molecule has 0 N–H and O–H groups in total. The van der Waals surface area contributed by atoms with Gasteiger partial charge in [-0.05, 0) is 19.3 Å². The van der Waals surface area contributed by atoms with E-state index in [0.717, 1.165) is 23.9 Å².